The Morgan fingerprint density at radius 2 is 1.96 bits per heavy atom. The number of carbonyl (C=O) groups excluding carboxylic acids is 1. The van der Waals surface area contributed by atoms with Crippen LogP contribution in [0.3, 0.4) is 0 Å². The second kappa shape index (κ2) is 8.73. The first-order chi connectivity index (χ1) is 11.1. The molecule has 122 valence electrons. The topological polar surface area (TPSA) is 67.8 Å². The smallest absolute Gasteiger partial charge is 0.262 e. The number of aliphatic hydroxyl groups excluding tert-OH is 1. The molecule has 2 aromatic rings. The average Bonchev–Trinajstić information content (AvgIpc) is 2.55. The molecule has 2 N–H and O–H groups in total. The van der Waals surface area contributed by atoms with E-state index in [-0.39, 0.29) is 19.1 Å². The zero-order valence-corrected chi connectivity index (χ0v) is 14.9. The number of benzene rings is 2. The predicted octanol–water partition coefficient (Wildman–Crippen LogP) is 3.20. The van der Waals surface area contributed by atoms with Crippen molar-refractivity contribution in [1.29, 1.82) is 0 Å². The highest BCUT2D eigenvalue weighted by Crippen LogP contribution is 2.34. The number of amides is 1. The van der Waals surface area contributed by atoms with Crippen molar-refractivity contribution in [3.05, 3.63) is 51.6 Å². The summed E-state index contributed by atoms with van der Waals surface area (Å²) in [5.74, 6) is 0.782. The van der Waals surface area contributed by atoms with Crippen LogP contribution in [-0.2, 0) is 11.4 Å². The quantitative estimate of drug-likeness (QED) is 0.667. The molecule has 0 radical (unpaired) electrons. The standard InChI is InChI=1S/C17H18INO4/c1-2-22-15-9-12(10-20)8-14(18)17(15)23-11-16(21)19-13-6-4-3-5-7-13/h3-9,20H,2,10-11H2,1H3,(H,19,21). The molecule has 6 heteroatoms. The van der Waals surface area contributed by atoms with Gasteiger partial charge in [-0.05, 0) is 59.3 Å². The molecule has 0 heterocycles. The summed E-state index contributed by atoms with van der Waals surface area (Å²) in [5, 5.41) is 12.0. The minimum atomic E-state index is -0.249. The molecule has 0 saturated heterocycles. The molecule has 0 atom stereocenters. The fraction of sp³-hybridized carbons (Fsp3) is 0.235. The first-order valence-electron chi connectivity index (χ1n) is 7.17. The van der Waals surface area contributed by atoms with Crippen molar-refractivity contribution in [3.8, 4) is 11.5 Å². The number of carbonyl (C=O) groups is 1. The molecule has 0 unspecified atom stereocenters. The van der Waals surface area contributed by atoms with Crippen LogP contribution < -0.4 is 14.8 Å². The van der Waals surface area contributed by atoms with E-state index in [1.54, 1.807) is 12.1 Å². The summed E-state index contributed by atoms with van der Waals surface area (Å²) in [5.41, 5.74) is 1.45. The maximum atomic E-state index is 12.0. The Kier molecular flexibility index (Phi) is 6.66. The van der Waals surface area contributed by atoms with Gasteiger partial charge in [-0.3, -0.25) is 4.79 Å². The summed E-state index contributed by atoms with van der Waals surface area (Å²) in [6, 6.07) is 12.7. The molecule has 0 aliphatic rings. The maximum absolute atomic E-state index is 12.0. The van der Waals surface area contributed by atoms with E-state index < -0.39 is 0 Å². The Morgan fingerprint density at radius 3 is 2.61 bits per heavy atom. The van der Waals surface area contributed by atoms with Crippen LogP contribution in [0.1, 0.15) is 12.5 Å². The van der Waals surface area contributed by atoms with E-state index in [0.717, 1.165) is 14.8 Å². The number of aliphatic hydroxyl groups is 1. The second-order valence-corrected chi connectivity index (χ2v) is 5.86. The lowest BCUT2D eigenvalue weighted by atomic mass is 10.2. The molecule has 23 heavy (non-hydrogen) atoms. The van der Waals surface area contributed by atoms with Crippen molar-refractivity contribution in [3.63, 3.8) is 0 Å². The maximum Gasteiger partial charge on any atom is 0.262 e. The van der Waals surface area contributed by atoms with Gasteiger partial charge in [-0.2, -0.15) is 0 Å². The van der Waals surface area contributed by atoms with Gasteiger partial charge in [0.2, 0.25) is 0 Å². The number of anilines is 1. The van der Waals surface area contributed by atoms with E-state index in [1.165, 1.54) is 0 Å². The predicted molar refractivity (Wildman–Crippen MR) is 96.8 cm³/mol. The molecule has 0 aromatic heterocycles. The molecule has 0 aliphatic carbocycles. The number of hydrogen-bond acceptors (Lipinski definition) is 4. The number of nitrogens with one attached hydrogen (secondary N) is 1. The fourth-order valence-corrected chi connectivity index (χ4v) is 2.79. The van der Waals surface area contributed by atoms with E-state index in [2.05, 4.69) is 27.9 Å². The molecule has 1 amide bonds. The molecule has 0 spiro atoms. The van der Waals surface area contributed by atoms with Crippen LogP contribution >= 0.6 is 22.6 Å². The van der Waals surface area contributed by atoms with Gasteiger partial charge >= 0.3 is 0 Å². The van der Waals surface area contributed by atoms with Gasteiger partial charge in [0.25, 0.3) is 5.91 Å². The first kappa shape index (κ1) is 17.6. The zero-order valence-electron chi connectivity index (χ0n) is 12.7. The number of rotatable bonds is 7. The van der Waals surface area contributed by atoms with Crippen LogP contribution in [0.5, 0.6) is 11.5 Å². The minimum Gasteiger partial charge on any atom is -0.490 e. The van der Waals surface area contributed by atoms with E-state index in [0.29, 0.717) is 18.1 Å². The fourth-order valence-electron chi connectivity index (χ4n) is 1.97. The Bertz CT molecular complexity index is 661. The lowest BCUT2D eigenvalue weighted by Crippen LogP contribution is -2.20. The summed E-state index contributed by atoms with van der Waals surface area (Å²) in [7, 11) is 0. The highest BCUT2D eigenvalue weighted by molar-refractivity contribution is 14.1. The first-order valence-corrected chi connectivity index (χ1v) is 8.25. The Hall–Kier alpha value is -1.80. The van der Waals surface area contributed by atoms with Crippen molar-refractivity contribution in [2.45, 2.75) is 13.5 Å². The van der Waals surface area contributed by atoms with Gasteiger partial charge < -0.3 is 19.9 Å². The van der Waals surface area contributed by atoms with Gasteiger partial charge in [0.1, 0.15) is 0 Å². The third kappa shape index (κ3) is 5.11. The number of hydrogen-bond donors (Lipinski definition) is 2. The van der Waals surface area contributed by atoms with Crippen LogP contribution in [0.25, 0.3) is 0 Å². The van der Waals surface area contributed by atoms with Gasteiger partial charge in [-0.25, -0.2) is 0 Å². The molecule has 0 bridgehead atoms. The van der Waals surface area contributed by atoms with Crippen LogP contribution in [0, 0.1) is 3.57 Å². The third-order valence-corrected chi connectivity index (χ3v) is 3.76. The molecule has 2 aromatic carbocycles. The monoisotopic (exact) mass is 427 g/mol. The van der Waals surface area contributed by atoms with E-state index in [9.17, 15) is 9.90 Å². The van der Waals surface area contributed by atoms with Crippen molar-refractivity contribution in [2.24, 2.45) is 0 Å². The Morgan fingerprint density at radius 1 is 1.22 bits per heavy atom. The molecule has 0 aliphatic heterocycles. The molecule has 2 rings (SSSR count). The van der Waals surface area contributed by atoms with Gasteiger partial charge in [-0.15, -0.1) is 0 Å². The van der Waals surface area contributed by atoms with Crippen molar-refractivity contribution >= 4 is 34.2 Å². The summed E-state index contributed by atoms with van der Waals surface area (Å²) in [6.45, 7) is 2.14. The van der Waals surface area contributed by atoms with Crippen molar-refractivity contribution < 1.29 is 19.4 Å². The van der Waals surface area contributed by atoms with E-state index in [1.807, 2.05) is 37.3 Å². The van der Waals surface area contributed by atoms with Crippen LogP contribution in [0.4, 0.5) is 5.69 Å². The summed E-state index contributed by atoms with van der Waals surface area (Å²) in [4.78, 5) is 12.0. The lowest BCUT2D eigenvalue weighted by molar-refractivity contribution is -0.118. The number of para-hydroxylation sites is 1. The number of ether oxygens (including phenoxy) is 2. The van der Waals surface area contributed by atoms with Crippen LogP contribution in [-0.4, -0.2) is 24.2 Å². The van der Waals surface area contributed by atoms with Crippen LogP contribution in [0.15, 0.2) is 42.5 Å². The highest BCUT2D eigenvalue weighted by Gasteiger charge is 2.14. The number of halogens is 1. The van der Waals surface area contributed by atoms with Crippen molar-refractivity contribution in [1.82, 2.24) is 0 Å². The molecule has 0 saturated carbocycles. The SMILES string of the molecule is CCOc1cc(CO)cc(I)c1OCC(=O)Nc1ccccc1. The molecular weight excluding hydrogens is 409 g/mol. The van der Waals surface area contributed by atoms with Crippen molar-refractivity contribution in [2.75, 3.05) is 18.5 Å². The van der Waals surface area contributed by atoms with Crippen LogP contribution in [0.2, 0.25) is 0 Å². The highest BCUT2D eigenvalue weighted by atomic mass is 127. The largest absolute Gasteiger partial charge is 0.490 e. The summed E-state index contributed by atoms with van der Waals surface area (Å²) >= 11 is 2.10. The molecule has 0 fully saturated rings. The second-order valence-electron chi connectivity index (χ2n) is 4.70. The molecule has 5 nitrogen and oxygen atoms in total. The average molecular weight is 427 g/mol. The third-order valence-electron chi connectivity index (χ3n) is 2.96. The molecular formula is C17H18INO4. The van der Waals surface area contributed by atoms with Gasteiger partial charge in [0.15, 0.2) is 18.1 Å². The lowest BCUT2D eigenvalue weighted by Gasteiger charge is -2.15. The van der Waals surface area contributed by atoms with E-state index in [4.69, 9.17) is 9.47 Å². The summed E-state index contributed by atoms with van der Waals surface area (Å²) in [6.07, 6.45) is 0. The zero-order chi connectivity index (χ0) is 16.7. The Labute approximate surface area is 148 Å². The summed E-state index contributed by atoms with van der Waals surface area (Å²) < 4.78 is 11.9. The normalized spacial score (nSPS) is 10.2. The van der Waals surface area contributed by atoms with Gasteiger partial charge in [0.05, 0.1) is 16.8 Å². The van der Waals surface area contributed by atoms with E-state index >= 15 is 0 Å². The Balaban J connectivity index is 2.05. The van der Waals surface area contributed by atoms with Gasteiger partial charge in [0, 0.05) is 5.69 Å². The minimum absolute atomic E-state index is 0.0785. The van der Waals surface area contributed by atoms with Gasteiger partial charge in [-0.1, -0.05) is 18.2 Å².